The van der Waals surface area contributed by atoms with Gasteiger partial charge in [0.1, 0.15) is 17.5 Å². The van der Waals surface area contributed by atoms with Crippen LogP contribution in [0.3, 0.4) is 0 Å². The van der Waals surface area contributed by atoms with Crippen LogP contribution in [0.5, 0.6) is 0 Å². The van der Waals surface area contributed by atoms with Crippen LogP contribution >= 0.6 is 0 Å². The van der Waals surface area contributed by atoms with Crippen molar-refractivity contribution in [2.45, 2.75) is 57.7 Å². The smallest absolute Gasteiger partial charge is 0.242 e. The second kappa shape index (κ2) is 10.9. The first-order chi connectivity index (χ1) is 16.4. The van der Waals surface area contributed by atoms with Crippen LogP contribution in [0, 0.1) is 17.0 Å². The first kappa shape index (κ1) is 24.0. The topological polar surface area (TPSA) is 121 Å². The van der Waals surface area contributed by atoms with Gasteiger partial charge in [-0.3, -0.25) is 25.0 Å². The summed E-state index contributed by atoms with van der Waals surface area (Å²) in [6.07, 6.45) is 4.48. The molecule has 2 N–H and O–H groups in total. The highest BCUT2D eigenvalue weighted by molar-refractivity contribution is 5.88. The van der Waals surface area contributed by atoms with Crippen LogP contribution in [0.2, 0.25) is 0 Å². The highest BCUT2D eigenvalue weighted by Crippen LogP contribution is 2.23. The number of benzene rings is 1. The zero-order chi connectivity index (χ0) is 24.1. The number of nitro groups is 1. The zero-order valence-electron chi connectivity index (χ0n) is 19.6. The molecule has 0 spiro atoms. The van der Waals surface area contributed by atoms with E-state index in [1.165, 1.54) is 0 Å². The van der Waals surface area contributed by atoms with Crippen LogP contribution in [-0.4, -0.2) is 71.5 Å². The Morgan fingerprint density at radius 2 is 1.94 bits per heavy atom. The molecule has 3 heterocycles. The van der Waals surface area contributed by atoms with E-state index >= 15 is 0 Å². The number of aryl methyl sites for hydroxylation is 1. The van der Waals surface area contributed by atoms with Gasteiger partial charge in [0.25, 0.3) is 0 Å². The van der Waals surface area contributed by atoms with Gasteiger partial charge < -0.3 is 19.5 Å². The Morgan fingerprint density at radius 1 is 1.18 bits per heavy atom. The summed E-state index contributed by atoms with van der Waals surface area (Å²) in [6, 6.07) is 6.82. The number of carbonyl (C=O) groups excluding carboxylic acids is 2. The Balaban J connectivity index is 1.46. The maximum absolute atomic E-state index is 13.4. The molecule has 2 aromatic rings. The molecule has 0 bridgehead atoms. The van der Waals surface area contributed by atoms with Crippen LogP contribution < -0.4 is 10.6 Å². The second-order valence-corrected chi connectivity index (χ2v) is 9.24. The lowest BCUT2D eigenvalue weighted by atomic mass is 10.0. The molecule has 2 atom stereocenters. The molecule has 10 nitrogen and oxygen atoms in total. The van der Waals surface area contributed by atoms with Gasteiger partial charge in [-0.2, -0.15) is 0 Å². The summed E-state index contributed by atoms with van der Waals surface area (Å²) < 4.78 is 5.60. The molecule has 1 aromatic heterocycles. The molecule has 0 aliphatic carbocycles. The van der Waals surface area contributed by atoms with Crippen molar-refractivity contribution in [3.8, 4) is 0 Å². The number of furan rings is 1. The fourth-order valence-corrected chi connectivity index (χ4v) is 4.82. The van der Waals surface area contributed by atoms with Crippen molar-refractivity contribution in [3.05, 3.63) is 40.1 Å². The number of nitrogens with zero attached hydrogens (tertiary/aromatic N) is 3. The minimum Gasteiger partial charge on any atom is -0.461 e. The summed E-state index contributed by atoms with van der Waals surface area (Å²) in [5.74, 6) is 0.605. The van der Waals surface area contributed by atoms with Crippen molar-refractivity contribution in [3.63, 3.8) is 0 Å². The van der Waals surface area contributed by atoms with Gasteiger partial charge in [0, 0.05) is 35.6 Å². The SMILES string of the molecule is Cc1cc2cc(NC(C[N+](=O)[O-])NC3CCCCCN(CC(=O)N4CCCC4)C3=O)ccc2o1. The summed E-state index contributed by atoms with van der Waals surface area (Å²) in [7, 11) is 0. The van der Waals surface area contributed by atoms with Crippen molar-refractivity contribution in [1.82, 2.24) is 15.1 Å². The number of carbonyl (C=O) groups is 2. The molecular formula is C24H33N5O5. The van der Waals surface area contributed by atoms with Crippen LogP contribution in [0.25, 0.3) is 11.0 Å². The molecule has 2 amide bonds. The van der Waals surface area contributed by atoms with Crippen molar-refractivity contribution in [2.24, 2.45) is 0 Å². The maximum Gasteiger partial charge on any atom is 0.242 e. The van der Waals surface area contributed by atoms with Gasteiger partial charge in [0.2, 0.25) is 18.4 Å². The maximum atomic E-state index is 13.4. The molecule has 34 heavy (non-hydrogen) atoms. The van der Waals surface area contributed by atoms with Gasteiger partial charge in [-0.1, -0.05) is 12.8 Å². The molecule has 2 fully saturated rings. The van der Waals surface area contributed by atoms with Crippen molar-refractivity contribution < 1.29 is 18.9 Å². The molecule has 2 aliphatic heterocycles. The monoisotopic (exact) mass is 471 g/mol. The molecule has 1 aromatic carbocycles. The highest BCUT2D eigenvalue weighted by Gasteiger charge is 2.31. The van der Waals surface area contributed by atoms with Crippen LogP contribution in [-0.2, 0) is 9.59 Å². The number of anilines is 1. The third-order valence-electron chi connectivity index (χ3n) is 6.53. The Hall–Kier alpha value is -3.14. The number of rotatable bonds is 8. The van der Waals surface area contributed by atoms with Crippen LogP contribution in [0.1, 0.15) is 44.3 Å². The number of hydrogen-bond acceptors (Lipinski definition) is 7. The lowest BCUT2D eigenvalue weighted by molar-refractivity contribution is -0.482. The van der Waals surface area contributed by atoms with Gasteiger partial charge in [0.15, 0.2) is 0 Å². The normalized spacial score (nSPS) is 20.3. The minimum atomic E-state index is -0.745. The van der Waals surface area contributed by atoms with E-state index in [0.717, 1.165) is 61.9 Å². The largest absolute Gasteiger partial charge is 0.461 e. The van der Waals surface area contributed by atoms with E-state index in [-0.39, 0.29) is 24.9 Å². The lowest BCUT2D eigenvalue weighted by Crippen LogP contribution is -2.56. The Labute approximate surface area is 198 Å². The molecule has 0 saturated carbocycles. The average molecular weight is 472 g/mol. The first-order valence-electron chi connectivity index (χ1n) is 12.1. The van der Waals surface area contributed by atoms with E-state index in [0.29, 0.717) is 18.7 Å². The predicted octanol–water partition coefficient (Wildman–Crippen LogP) is 2.74. The molecule has 4 rings (SSSR count). The fourth-order valence-electron chi connectivity index (χ4n) is 4.82. The van der Waals surface area contributed by atoms with Gasteiger partial charge in [0.05, 0.1) is 12.6 Å². The van der Waals surface area contributed by atoms with Crippen molar-refractivity contribution >= 4 is 28.5 Å². The molecule has 2 saturated heterocycles. The predicted molar refractivity (Wildman–Crippen MR) is 128 cm³/mol. The Bertz CT molecular complexity index is 1030. The average Bonchev–Trinajstić information content (AvgIpc) is 3.44. The highest BCUT2D eigenvalue weighted by atomic mass is 16.6. The number of nitrogens with one attached hydrogen (secondary N) is 2. The van der Waals surface area contributed by atoms with Gasteiger partial charge in [-0.05, 0) is 56.9 Å². The minimum absolute atomic E-state index is 0.0196. The van der Waals surface area contributed by atoms with Gasteiger partial charge >= 0.3 is 0 Å². The molecule has 184 valence electrons. The summed E-state index contributed by atoms with van der Waals surface area (Å²) in [5, 5.41) is 18.6. The van der Waals surface area contributed by atoms with E-state index in [1.54, 1.807) is 11.0 Å². The van der Waals surface area contributed by atoms with Crippen molar-refractivity contribution in [1.29, 1.82) is 0 Å². The molecular weight excluding hydrogens is 438 g/mol. The fraction of sp³-hybridized carbons (Fsp3) is 0.583. The molecule has 10 heteroatoms. The number of hydrogen-bond donors (Lipinski definition) is 2. The summed E-state index contributed by atoms with van der Waals surface area (Å²) in [5.41, 5.74) is 1.45. The lowest BCUT2D eigenvalue weighted by Gasteiger charge is -2.32. The zero-order valence-corrected chi connectivity index (χ0v) is 19.6. The standard InChI is InChI=1S/C24H33N5O5/c1-17-13-18-14-19(8-9-21(18)34-17)25-22(15-29(32)33)26-20-7-3-2-4-12-28(24(20)31)16-23(30)27-10-5-6-11-27/h8-9,13-14,20,22,25-26H,2-7,10-12,15-16H2,1H3. The molecule has 2 aliphatic rings. The molecule has 0 radical (unpaired) electrons. The number of likely N-dealkylation sites (tertiary alicyclic amines) is 2. The second-order valence-electron chi connectivity index (χ2n) is 9.24. The van der Waals surface area contributed by atoms with Crippen molar-refractivity contribution in [2.75, 3.05) is 38.0 Å². The van der Waals surface area contributed by atoms with Crippen LogP contribution in [0.4, 0.5) is 5.69 Å². The summed E-state index contributed by atoms with van der Waals surface area (Å²) >= 11 is 0. The van der Waals surface area contributed by atoms with Crippen LogP contribution in [0.15, 0.2) is 28.7 Å². The van der Waals surface area contributed by atoms with E-state index in [2.05, 4.69) is 10.6 Å². The van der Waals surface area contributed by atoms with E-state index in [9.17, 15) is 19.7 Å². The van der Waals surface area contributed by atoms with Gasteiger partial charge in [-0.25, -0.2) is 0 Å². The van der Waals surface area contributed by atoms with E-state index < -0.39 is 17.1 Å². The molecule has 2 unspecified atom stereocenters. The number of fused-ring (bicyclic) bond motifs is 1. The summed E-state index contributed by atoms with van der Waals surface area (Å²) in [6.45, 7) is 3.57. The van der Waals surface area contributed by atoms with Gasteiger partial charge in [-0.15, -0.1) is 0 Å². The Morgan fingerprint density at radius 3 is 2.71 bits per heavy atom. The Kier molecular flexibility index (Phi) is 7.66. The number of amides is 2. The third-order valence-corrected chi connectivity index (χ3v) is 6.53. The summed E-state index contributed by atoms with van der Waals surface area (Å²) in [4.78, 5) is 40.5. The quantitative estimate of drug-likeness (QED) is 0.345. The van der Waals surface area contributed by atoms with E-state index in [1.807, 2.05) is 30.0 Å². The first-order valence-corrected chi connectivity index (χ1v) is 12.1. The third kappa shape index (κ3) is 6.05. The van der Waals surface area contributed by atoms with E-state index in [4.69, 9.17) is 4.42 Å².